The molecular formula is C15H23N3O. The molecule has 19 heavy (non-hydrogen) atoms. The third kappa shape index (κ3) is 3.17. The van der Waals surface area contributed by atoms with Gasteiger partial charge < -0.3 is 10.3 Å². The number of nitrogens with one attached hydrogen (secondary N) is 2. The van der Waals surface area contributed by atoms with Crippen LogP contribution >= 0.6 is 0 Å². The Morgan fingerprint density at radius 1 is 1.32 bits per heavy atom. The molecule has 2 fully saturated rings. The summed E-state index contributed by atoms with van der Waals surface area (Å²) in [4.78, 5) is 18.9. The summed E-state index contributed by atoms with van der Waals surface area (Å²) >= 11 is 0. The molecule has 0 radical (unpaired) electrons. The Hall–Kier alpha value is -1.32. The summed E-state index contributed by atoms with van der Waals surface area (Å²) in [5, 5.41) is 3.39. The zero-order valence-electron chi connectivity index (χ0n) is 11.8. The summed E-state index contributed by atoms with van der Waals surface area (Å²) in [6.07, 6.45) is 5.57. The molecule has 0 unspecified atom stereocenters. The van der Waals surface area contributed by atoms with Gasteiger partial charge in [0, 0.05) is 18.5 Å². The van der Waals surface area contributed by atoms with Crippen LogP contribution in [0.4, 0.5) is 5.82 Å². The fourth-order valence-corrected chi connectivity index (χ4v) is 2.83. The zero-order chi connectivity index (χ0) is 13.4. The zero-order valence-corrected chi connectivity index (χ0v) is 11.8. The van der Waals surface area contributed by atoms with Crippen LogP contribution in [0.2, 0.25) is 0 Å². The van der Waals surface area contributed by atoms with Crippen molar-refractivity contribution in [2.45, 2.75) is 45.4 Å². The smallest absolute Gasteiger partial charge is 0.252 e. The summed E-state index contributed by atoms with van der Waals surface area (Å²) in [6.45, 7) is 5.06. The first-order chi connectivity index (χ1) is 9.13. The SMILES string of the molecule is CC(C)c1nc(NCC(C2CC2)C2CC2)cc(=O)[nH]1. The van der Waals surface area contributed by atoms with Crippen LogP contribution in [0.1, 0.15) is 51.3 Å². The molecule has 0 amide bonds. The van der Waals surface area contributed by atoms with E-state index in [9.17, 15) is 4.79 Å². The van der Waals surface area contributed by atoms with Crippen molar-refractivity contribution < 1.29 is 0 Å². The van der Waals surface area contributed by atoms with Crippen LogP contribution in [0.15, 0.2) is 10.9 Å². The molecule has 4 nitrogen and oxygen atoms in total. The Kier molecular flexibility index (Phi) is 3.33. The van der Waals surface area contributed by atoms with E-state index in [1.54, 1.807) is 6.07 Å². The van der Waals surface area contributed by atoms with Crippen molar-refractivity contribution in [2.24, 2.45) is 17.8 Å². The van der Waals surface area contributed by atoms with Gasteiger partial charge in [-0.1, -0.05) is 13.8 Å². The van der Waals surface area contributed by atoms with Crippen LogP contribution in [-0.2, 0) is 0 Å². The van der Waals surface area contributed by atoms with Crippen LogP contribution in [0.25, 0.3) is 0 Å². The topological polar surface area (TPSA) is 57.8 Å². The van der Waals surface area contributed by atoms with Crippen LogP contribution < -0.4 is 10.9 Å². The van der Waals surface area contributed by atoms with E-state index in [0.717, 1.165) is 35.9 Å². The minimum Gasteiger partial charge on any atom is -0.370 e. The van der Waals surface area contributed by atoms with E-state index in [1.807, 2.05) is 13.8 Å². The fraction of sp³-hybridized carbons (Fsp3) is 0.733. The molecular weight excluding hydrogens is 238 g/mol. The molecule has 0 aromatic carbocycles. The number of aromatic amines is 1. The minimum absolute atomic E-state index is 0.0596. The second-order valence-electron chi connectivity index (χ2n) is 6.39. The minimum atomic E-state index is -0.0596. The van der Waals surface area contributed by atoms with Gasteiger partial charge in [0.05, 0.1) is 0 Å². The number of H-pyrrole nitrogens is 1. The van der Waals surface area contributed by atoms with Crippen LogP contribution in [-0.4, -0.2) is 16.5 Å². The highest BCUT2D eigenvalue weighted by Gasteiger charge is 2.41. The van der Waals surface area contributed by atoms with Crippen molar-refractivity contribution >= 4 is 5.82 Å². The van der Waals surface area contributed by atoms with Crippen molar-refractivity contribution in [1.82, 2.24) is 9.97 Å². The van der Waals surface area contributed by atoms with E-state index in [-0.39, 0.29) is 11.5 Å². The maximum Gasteiger partial charge on any atom is 0.252 e. The molecule has 1 aromatic rings. The fourth-order valence-electron chi connectivity index (χ4n) is 2.83. The lowest BCUT2D eigenvalue weighted by Crippen LogP contribution is -2.21. The number of hydrogen-bond acceptors (Lipinski definition) is 3. The van der Waals surface area contributed by atoms with Gasteiger partial charge in [-0.15, -0.1) is 0 Å². The molecule has 1 heterocycles. The van der Waals surface area contributed by atoms with E-state index in [4.69, 9.17) is 0 Å². The Labute approximate surface area is 114 Å². The van der Waals surface area contributed by atoms with Crippen LogP contribution in [0, 0.1) is 17.8 Å². The first-order valence-corrected chi connectivity index (χ1v) is 7.48. The summed E-state index contributed by atoms with van der Waals surface area (Å²) in [7, 11) is 0. The molecule has 0 saturated heterocycles. The van der Waals surface area contributed by atoms with Gasteiger partial charge >= 0.3 is 0 Å². The molecule has 2 aliphatic rings. The summed E-state index contributed by atoms with van der Waals surface area (Å²) < 4.78 is 0. The second-order valence-corrected chi connectivity index (χ2v) is 6.39. The third-order valence-corrected chi connectivity index (χ3v) is 4.28. The number of nitrogens with zero attached hydrogens (tertiary/aromatic N) is 1. The molecule has 2 N–H and O–H groups in total. The largest absolute Gasteiger partial charge is 0.370 e. The third-order valence-electron chi connectivity index (χ3n) is 4.28. The molecule has 104 valence electrons. The van der Waals surface area contributed by atoms with Gasteiger partial charge in [-0.3, -0.25) is 4.79 Å². The van der Waals surface area contributed by atoms with E-state index >= 15 is 0 Å². The number of rotatable bonds is 6. The lowest BCUT2D eigenvalue weighted by molar-refractivity contribution is 0.427. The lowest BCUT2D eigenvalue weighted by atomic mass is 9.98. The highest BCUT2D eigenvalue weighted by Crippen LogP contribution is 2.49. The molecule has 2 aliphatic carbocycles. The Morgan fingerprint density at radius 2 is 1.95 bits per heavy atom. The Balaban J connectivity index is 1.66. The Bertz CT molecular complexity index is 488. The predicted molar refractivity (Wildman–Crippen MR) is 76.4 cm³/mol. The summed E-state index contributed by atoms with van der Waals surface area (Å²) in [5.74, 6) is 4.39. The summed E-state index contributed by atoms with van der Waals surface area (Å²) in [6, 6.07) is 1.57. The standard InChI is InChI=1S/C15H23N3O/c1-9(2)15-17-13(7-14(19)18-15)16-8-12(10-3-4-10)11-5-6-11/h7,9-12H,3-6,8H2,1-2H3,(H2,16,17,18,19). The first kappa shape index (κ1) is 12.7. The predicted octanol–water partition coefficient (Wildman–Crippen LogP) is 2.74. The van der Waals surface area contributed by atoms with Gasteiger partial charge in [0.15, 0.2) is 0 Å². The van der Waals surface area contributed by atoms with Crippen molar-refractivity contribution in [3.63, 3.8) is 0 Å². The second kappa shape index (κ2) is 4.99. The Morgan fingerprint density at radius 3 is 2.47 bits per heavy atom. The average molecular weight is 261 g/mol. The maximum absolute atomic E-state index is 11.6. The van der Waals surface area contributed by atoms with Gasteiger partial charge in [0.2, 0.25) is 0 Å². The van der Waals surface area contributed by atoms with E-state index in [0.29, 0.717) is 0 Å². The highest BCUT2D eigenvalue weighted by molar-refractivity contribution is 5.33. The molecule has 0 spiro atoms. The maximum atomic E-state index is 11.6. The van der Waals surface area contributed by atoms with Crippen molar-refractivity contribution in [1.29, 1.82) is 0 Å². The molecule has 0 atom stereocenters. The monoisotopic (exact) mass is 261 g/mol. The normalized spacial score (nSPS) is 19.2. The van der Waals surface area contributed by atoms with Gasteiger partial charge in [-0.2, -0.15) is 0 Å². The molecule has 3 rings (SSSR count). The highest BCUT2D eigenvalue weighted by atomic mass is 16.1. The molecule has 4 heteroatoms. The number of aromatic nitrogens is 2. The molecule has 1 aromatic heterocycles. The van der Waals surface area contributed by atoms with Gasteiger partial charge in [0.1, 0.15) is 11.6 Å². The number of hydrogen-bond donors (Lipinski definition) is 2. The van der Waals surface area contributed by atoms with Crippen LogP contribution in [0.5, 0.6) is 0 Å². The quantitative estimate of drug-likeness (QED) is 0.828. The molecule has 0 bridgehead atoms. The van der Waals surface area contributed by atoms with Gasteiger partial charge in [-0.25, -0.2) is 4.98 Å². The van der Waals surface area contributed by atoms with Gasteiger partial charge in [-0.05, 0) is 43.4 Å². The first-order valence-electron chi connectivity index (χ1n) is 7.48. The van der Waals surface area contributed by atoms with E-state index in [1.165, 1.54) is 25.7 Å². The lowest BCUT2D eigenvalue weighted by Gasteiger charge is -2.17. The molecule has 2 saturated carbocycles. The van der Waals surface area contributed by atoms with Gasteiger partial charge in [0.25, 0.3) is 5.56 Å². The van der Waals surface area contributed by atoms with E-state index < -0.39 is 0 Å². The van der Waals surface area contributed by atoms with Crippen molar-refractivity contribution in [3.8, 4) is 0 Å². The van der Waals surface area contributed by atoms with Crippen molar-refractivity contribution in [3.05, 3.63) is 22.2 Å². The van der Waals surface area contributed by atoms with E-state index in [2.05, 4.69) is 15.3 Å². The summed E-state index contributed by atoms with van der Waals surface area (Å²) in [5.41, 5.74) is -0.0596. The number of anilines is 1. The average Bonchev–Trinajstić information content (AvgIpc) is 3.23. The molecule has 0 aliphatic heterocycles. The van der Waals surface area contributed by atoms with Crippen LogP contribution in [0.3, 0.4) is 0 Å². The van der Waals surface area contributed by atoms with Crippen molar-refractivity contribution in [2.75, 3.05) is 11.9 Å².